The summed E-state index contributed by atoms with van der Waals surface area (Å²) in [5.74, 6) is 0.516. The first-order valence-corrected chi connectivity index (χ1v) is 7.70. The van der Waals surface area contributed by atoms with Crippen LogP contribution in [0.15, 0.2) is 6.20 Å². The van der Waals surface area contributed by atoms with Crippen molar-refractivity contribution in [3.8, 4) is 0 Å². The van der Waals surface area contributed by atoms with Crippen LogP contribution in [0.2, 0.25) is 0 Å². The minimum atomic E-state index is 0.0916. The Hall–Kier alpha value is -0.870. The van der Waals surface area contributed by atoms with Gasteiger partial charge in [-0.2, -0.15) is 5.10 Å². The molecule has 2 aliphatic rings. The number of ether oxygens (including phenoxy) is 1. The van der Waals surface area contributed by atoms with Gasteiger partial charge in [0.1, 0.15) is 0 Å². The number of nitrogens with zero attached hydrogens (tertiary/aromatic N) is 2. The first kappa shape index (κ1) is 14.1. The summed E-state index contributed by atoms with van der Waals surface area (Å²) < 4.78 is 8.12. The number of aromatic nitrogens is 2. The van der Waals surface area contributed by atoms with Crippen LogP contribution in [0.5, 0.6) is 0 Å². The summed E-state index contributed by atoms with van der Waals surface area (Å²) in [4.78, 5) is 0. The molecule has 1 aliphatic carbocycles. The summed E-state index contributed by atoms with van der Waals surface area (Å²) in [6.07, 6.45) is 7.54. The van der Waals surface area contributed by atoms with Crippen LogP contribution >= 0.6 is 0 Å². The Morgan fingerprint density at radius 2 is 2.10 bits per heavy atom. The summed E-state index contributed by atoms with van der Waals surface area (Å²) in [6, 6.07) is 0. The maximum absolute atomic E-state index is 9.46. The molecule has 1 N–H and O–H groups in total. The van der Waals surface area contributed by atoms with Gasteiger partial charge in [-0.25, -0.2) is 0 Å². The molecule has 3 rings (SSSR count). The van der Waals surface area contributed by atoms with E-state index in [1.54, 1.807) is 6.20 Å². The number of rotatable bonds is 2. The second-order valence-electron chi connectivity index (χ2n) is 7.42. The number of aryl methyl sites for hydroxylation is 1. The molecule has 2 heterocycles. The van der Waals surface area contributed by atoms with Crippen LogP contribution in [-0.2, 0) is 18.4 Å². The molecule has 1 aromatic rings. The van der Waals surface area contributed by atoms with Gasteiger partial charge in [0.05, 0.1) is 25.0 Å². The van der Waals surface area contributed by atoms with Gasteiger partial charge in [0.15, 0.2) is 0 Å². The molecule has 4 heteroatoms. The second kappa shape index (κ2) is 4.85. The summed E-state index contributed by atoms with van der Waals surface area (Å²) in [7, 11) is 1.98. The third-order valence-corrected chi connectivity index (χ3v) is 5.09. The highest BCUT2D eigenvalue weighted by Crippen LogP contribution is 2.49. The van der Waals surface area contributed by atoms with Crippen LogP contribution in [0.4, 0.5) is 0 Å². The summed E-state index contributed by atoms with van der Waals surface area (Å²) >= 11 is 0. The van der Waals surface area contributed by atoms with E-state index >= 15 is 0 Å². The molecule has 0 unspecified atom stereocenters. The van der Waals surface area contributed by atoms with Gasteiger partial charge in [-0.1, -0.05) is 13.8 Å². The van der Waals surface area contributed by atoms with Gasteiger partial charge in [-0.3, -0.25) is 4.68 Å². The lowest BCUT2D eigenvalue weighted by Crippen LogP contribution is -2.34. The van der Waals surface area contributed by atoms with E-state index in [4.69, 9.17) is 4.74 Å². The molecule has 1 saturated carbocycles. The van der Waals surface area contributed by atoms with E-state index in [0.717, 1.165) is 37.9 Å². The topological polar surface area (TPSA) is 47.3 Å². The fraction of sp³-hybridized carbons (Fsp3) is 0.812. The fourth-order valence-corrected chi connectivity index (χ4v) is 4.20. The SMILES string of the molecule is Cn1ncc(CO)c1C1CCC2(CC1)CC(C)(C)CO2. The normalized spacial score (nSPS) is 32.9. The predicted octanol–water partition coefficient (Wildman–Crippen LogP) is 2.76. The van der Waals surface area contributed by atoms with Gasteiger partial charge in [-0.05, 0) is 37.5 Å². The first-order chi connectivity index (χ1) is 9.45. The van der Waals surface area contributed by atoms with Crippen molar-refractivity contribution in [2.24, 2.45) is 12.5 Å². The zero-order valence-electron chi connectivity index (χ0n) is 12.9. The predicted molar refractivity (Wildman–Crippen MR) is 77.4 cm³/mol. The van der Waals surface area contributed by atoms with Crippen LogP contribution in [0.1, 0.15) is 63.1 Å². The minimum absolute atomic E-state index is 0.0916. The molecule has 2 fully saturated rings. The Labute approximate surface area is 121 Å². The molecule has 1 spiro atoms. The van der Waals surface area contributed by atoms with Crippen molar-refractivity contribution < 1.29 is 9.84 Å². The van der Waals surface area contributed by atoms with Gasteiger partial charge in [0.2, 0.25) is 0 Å². The van der Waals surface area contributed by atoms with E-state index in [1.165, 1.54) is 12.1 Å². The van der Waals surface area contributed by atoms with Gasteiger partial charge in [0, 0.05) is 24.2 Å². The monoisotopic (exact) mass is 278 g/mol. The molecule has 0 bridgehead atoms. The average molecular weight is 278 g/mol. The zero-order valence-corrected chi connectivity index (χ0v) is 12.9. The summed E-state index contributed by atoms with van der Waals surface area (Å²) in [5, 5.41) is 13.8. The third kappa shape index (κ3) is 2.40. The second-order valence-corrected chi connectivity index (χ2v) is 7.42. The van der Waals surface area contributed by atoms with E-state index in [-0.39, 0.29) is 12.2 Å². The minimum Gasteiger partial charge on any atom is -0.392 e. The first-order valence-electron chi connectivity index (χ1n) is 7.70. The van der Waals surface area contributed by atoms with Crippen LogP contribution in [0.3, 0.4) is 0 Å². The Morgan fingerprint density at radius 3 is 2.65 bits per heavy atom. The van der Waals surface area contributed by atoms with Crippen molar-refractivity contribution in [3.05, 3.63) is 17.5 Å². The van der Waals surface area contributed by atoms with E-state index in [0.29, 0.717) is 11.3 Å². The van der Waals surface area contributed by atoms with Crippen molar-refractivity contribution in [2.45, 2.75) is 64.1 Å². The summed E-state index contributed by atoms with van der Waals surface area (Å²) in [5.41, 5.74) is 2.66. The molecule has 1 saturated heterocycles. The lowest BCUT2D eigenvalue weighted by molar-refractivity contribution is -0.0298. The Morgan fingerprint density at radius 1 is 1.40 bits per heavy atom. The number of hydrogen-bond donors (Lipinski definition) is 1. The van der Waals surface area contributed by atoms with Crippen LogP contribution in [0, 0.1) is 5.41 Å². The highest BCUT2D eigenvalue weighted by Gasteiger charge is 2.46. The van der Waals surface area contributed by atoms with Crippen molar-refractivity contribution in [3.63, 3.8) is 0 Å². The van der Waals surface area contributed by atoms with Gasteiger partial charge < -0.3 is 9.84 Å². The fourth-order valence-electron chi connectivity index (χ4n) is 4.20. The zero-order chi connectivity index (χ0) is 14.4. The molecule has 20 heavy (non-hydrogen) atoms. The molecule has 1 aliphatic heterocycles. The lowest BCUT2D eigenvalue weighted by Gasteiger charge is -2.37. The van der Waals surface area contributed by atoms with Crippen molar-refractivity contribution >= 4 is 0 Å². The third-order valence-electron chi connectivity index (χ3n) is 5.09. The van der Waals surface area contributed by atoms with Crippen LogP contribution in [0.25, 0.3) is 0 Å². The summed E-state index contributed by atoms with van der Waals surface area (Å²) in [6.45, 7) is 5.59. The van der Waals surface area contributed by atoms with E-state index in [2.05, 4.69) is 18.9 Å². The molecule has 0 radical (unpaired) electrons. The largest absolute Gasteiger partial charge is 0.392 e. The smallest absolute Gasteiger partial charge is 0.0715 e. The molecule has 0 amide bonds. The highest BCUT2D eigenvalue weighted by atomic mass is 16.5. The average Bonchev–Trinajstić information content (AvgIpc) is 2.92. The van der Waals surface area contributed by atoms with E-state index < -0.39 is 0 Å². The Bertz CT molecular complexity index is 485. The van der Waals surface area contributed by atoms with Gasteiger partial charge >= 0.3 is 0 Å². The van der Waals surface area contributed by atoms with Crippen molar-refractivity contribution in [2.75, 3.05) is 6.61 Å². The quantitative estimate of drug-likeness (QED) is 0.905. The molecule has 0 atom stereocenters. The lowest BCUT2D eigenvalue weighted by atomic mass is 9.72. The number of aliphatic hydroxyl groups excluding tert-OH is 1. The standard InChI is InChI=1S/C16H26N2O2/c1-15(2)10-16(20-11-15)6-4-12(5-7-16)14-13(9-19)8-17-18(14)3/h8,12,19H,4-7,9-11H2,1-3H3. The van der Waals surface area contributed by atoms with Crippen LogP contribution in [-0.4, -0.2) is 27.1 Å². The molecule has 1 aromatic heterocycles. The number of hydrogen-bond acceptors (Lipinski definition) is 3. The molecular formula is C16H26N2O2. The molecular weight excluding hydrogens is 252 g/mol. The maximum Gasteiger partial charge on any atom is 0.0715 e. The maximum atomic E-state index is 9.46. The molecule has 112 valence electrons. The van der Waals surface area contributed by atoms with Crippen molar-refractivity contribution in [1.29, 1.82) is 0 Å². The molecule has 4 nitrogen and oxygen atoms in total. The van der Waals surface area contributed by atoms with E-state index in [9.17, 15) is 5.11 Å². The van der Waals surface area contributed by atoms with Crippen molar-refractivity contribution in [1.82, 2.24) is 9.78 Å². The van der Waals surface area contributed by atoms with Gasteiger partial charge in [0.25, 0.3) is 0 Å². The van der Waals surface area contributed by atoms with E-state index in [1.807, 2.05) is 11.7 Å². The number of aliphatic hydroxyl groups is 1. The highest BCUT2D eigenvalue weighted by molar-refractivity contribution is 5.22. The Kier molecular flexibility index (Phi) is 3.41. The van der Waals surface area contributed by atoms with Gasteiger partial charge in [-0.15, -0.1) is 0 Å². The van der Waals surface area contributed by atoms with Crippen LogP contribution < -0.4 is 0 Å². The Balaban J connectivity index is 1.71. The molecule has 0 aromatic carbocycles.